The molecule has 0 saturated heterocycles. The zero-order valence-corrected chi connectivity index (χ0v) is 14.6. The third-order valence-corrected chi connectivity index (χ3v) is 3.96. The predicted octanol–water partition coefficient (Wildman–Crippen LogP) is 1.79. The Morgan fingerprint density at radius 1 is 1.00 bits per heavy atom. The number of imide groups is 1. The lowest BCUT2D eigenvalue weighted by Crippen LogP contribution is -2.37. The second kappa shape index (κ2) is 7.27. The Balaban J connectivity index is 1.72. The Labute approximate surface area is 158 Å². The van der Waals surface area contributed by atoms with Crippen molar-refractivity contribution in [3.8, 4) is 0 Å². The van der Waals surface area contributed by atoms with E-state index in [0.717, 1.165) is 6.07 Å². The molecule has 0 bridgehead atoms. The van der Waals surface area contributed by atoms with E-state index in [1.54, 1.807) is 12.1 Å². The van der Waals surface area contributed by atoms with Gasteiger partial charge in [0.2, 0.25) is 11.8 Å². The molecule has 0 atom stereocenters. The number of nitro benzene ring substituents is 1. The molecule has 0 saturated carbocycles. The number of anilines is 2. The minimum atomic E-state index is -0.886. The van der Waals surface area contributed by atoms with Crippen molar-refractivity contribution in [2.45, 2.75) is 6.92 Å². The second-order valence-corrected chi connectivity index (χ2v) is 5.96. The lowest BCUT2D eigenvalue weighted by atomic mass is 10.1. The van der Waals surface area contributed by atoms with Gasteiger partial charge in [-0.1, -0.05) is 6.07 Å². The summed E-state index contributed by atoms with van der Waals surface area (Å²) in [6, 6.07) is 9.96. The molecule has 1 aliphatic heterocycles. The van der Waals surface area contributed by atoms with Gasteiger partial charge in [-0.25, -0.2) is 0 Å². The first-order valence-corrected chi connectivity index (χ1v) is 8.09. The molecule has 1 aliphatic rings. The van der Waals surface area contributed by atoms with Gasteiger partial charge in [0.25, 0.3) is 17.5 Å². The molecule has 0 fully saturated rings. The zero-order chi connectivity index (χ0) is 20.4. The van der Waals surface area contributed by atoms with E-state index < -0.39 is 34.9 Å². The number of amides is 4. The topological polar surface area (TPSA) is 139 Å². The molecule has 10 nitrogen and oxygen atoms in total. The highest BCUT2D eigenvalue weighted by Gasteiger charge is 2.41. The van der Waals surface area contributed by atoms with Crippen molar-refractivity contribution in [1.29, 1.82) is 0 Å². The summed E-state index contributed by atoms with van der Waals surface area (Å²) in [5, 5.41) is 16.2. The van der Waals surface area contributed by atoms with Crippen LogP contribution in [-0.2, 0) is 9.59 Å². The van der Waals surface area contributed by atoms with Crippen LogP contribution >= 0.6 is 0 Å². The normalized spacial score (nSPS) is 12.5. The van der Waals surface area contributed by atoms with E-state index >= 15 is 0 Å². The summed E-state index contributed by atoms with van der Waals surface area (Å²) >= 11 is 0. The second-order valence-electron chi connectivity index (χ2n) is 5.96. The Morgan fingerprint density at radius 3 is 2.18 bits per heavy atom. The number of benzene rings is 2. The van der Waals surface area contributed by atoms with Crippen LogP contribution in [-0.4, -0.2) is 40.0 Å². The maximum atomic E-state index is 12.4. The Morgan fingerprint density at radius 2 is 1.61 bits per heavy atom. The van der Waals surface area contributed by atoms with Crippen LogP contribution in [0.3, 0.4) is 0 Å². The van der Waals surface area contributed by atoms with Gasteiger partial charge < -0.3 is 10.6 Å². The fraction of sp³-hybridized carbons (Fsp3) is 0.111. The summed E-state index contributed by atoms with van der Waals surface area (Å²) in [5.74, 6) is -2.54. The number of hydrogen-bond donors (Lipinski definition) is 2. The van der Waals surface area contributed by atoms with Crippen LogP contribution in [0.2, 0.25) is 0 Å². The maximum Gasteiger partial charge on any atom is 0.282 e. The largest absolute Gasteiger partial charge is 0.326 e. The number of nitrogens with zero attached hydrogens (tertiary/aromatic N) is 2. The average Bonchev–Trinajstić information content (AvgIpc) is 2.88. The maximum absolute atomic E-state index is 12.4. The van der Waals surface area contributed by atoms with E-state index in [2.05, 4.69) is 10.6 Å². The molecule has 10 heteroatoms. The highest BCUT2D eigenvalue weighted by molar-refractivity contribution is 6.24. The molecule has 2 N–H and O–H groups in total. The lowest BCUT2D eigenvalue weighted by Gasteiger charge is -2.13. The summed E-state index contributed by atoms with van der Waals surface area (Å²) in [6.45, 7) is 0.777. The van der Waals surface area contributed by atoms with Crippen LogP contribution < -0.4 is 10.6 Å². The third kappa shape index (κ3) is 3.56. The van der Waals surface area contributed by atoms with Gasteiger partial charge in [-0.3, -0.25) is 34.2 Å². The summed E-state index contributed by atoms with van der Waals surface area (Å²) in [4.78, 5) is 59.1. The molecule has 0 aromatic heterocycles. The summed E-state index contributed by atoms with van der Waals surface area (Å²) in [6.07, 6.45) is 0. The van der Waals surface area contributed by atoms with Crippen LogP contribution in [0.1, 0.15) is 27.6 Å². The van der Waals surface area contributed by atoms with Gasteiger partial charge in [-0.15, -0.1) is 0 Å². The minimum absolute atomic E-state index is 0.105. The van der Waals surface area contributed by atoms with Crippen LogP contribution in [0.4, 0.5) is 17.1 Å². The molecule has 2 aromatic rings. The summed E-state index contributed by atoms with van der Waals surface area (Å²) in [7, 11) is 0. The van der Waals surface area contributed by atoms with E-state index in [1.807, 2.05) is 0 Å². The Kier molecular flexibility index (Phi) is 4.86. The number of rotatable bonds is 5. The van der Waals surface area contributed by atoms with Crippen molar-refractivity contribution < 1.29 is 24.1 Å². The van der Waals surface area contributed by atoms with Crippen LogP contribution in [0.5, 0.6) is 0 Å². The predicted molar refractivity (Wildman–Crippen MR) is 97.8 cm³/mol. The van der Waals surface area contributed by atoms with Crippen LogP contribution in [0, 0.1) is 10.1 Å². The molecule has 1 heterocycles. The van der Waals surface area contributed by atoms with E-state index in [-0.39, 0.29) is 17.0 Å². The monoisotopic (exact) mass is 382 g/mol. The SMILES string of the molecule is CC(=O)Nc1ccc(NC(=O)CN2C(=O)c3cccc([N+](=O)[O-])c3C2=O)cc1. The number of carbonyl (C=O) groups is 4. The first kappa shape index (κ1) is 18.7. The molecule has 3 rings (SSSR count). The molecule has 28 heavy (non-hydrogen) atoms. The molecule has 0 radical (unpaired) electrons. The van der Waals surface area contributed by atoms with Crippen molar-refractivity contribution in [2.24, 2.45) is 0 Å². The summed E-state index contributed by atoms with van der Waals surface area (Å²) < 4.78 is 0. The highest BCUT2D eigenvalue weighted by atomic mass is 16.6. The highest BCUT2D eigenvalue weighted by Crippen LogP contribution is 2.30. The number of carbonyl (C=O) groups excluding carboxylic acids is 4. The lowest BCUT2D eigenvalue weighted by molar-refractivity contribution is -0.385. The number of nitrogens with one attached hydrogen (secondary N) is 2. The van der Waals surface area contributed by atoms with Crippen molar-refractivity contribution in [3.05, 3.63) is 63.7 Å². The fourth-order valence-electron chi connectivity index (χ4n) is 2.80. The smallest absolute Gasteiger partial charge is 0.282 e. The number of fused-ring (bicyclic) bond motifs is 1. The molecular weight excluding hydrogens is 368 g/mol. The average molecular weight is 382 g/mol. The molecule has 4 amide bonds. The molecule has 142 valence electrons. The van der Waals surface area contributed by atoms with E-state index in [0.29, 0.717) is 16.3 Å². The first-order chi connectivity index (χ1) is 13.3. The molecular formula is C18H14N4O6. The number of hydrogen-bond acceptors (Lipinski definition) is 6. The van der Waals surface area contributed by atoms with Gasteiger partial charge in [-0.2, -0.15) is 0 Å². The van der Waals surface area contributed by atoms with E-state index in [9.17, 15) is 29.3 Å². The van der Waals surface area contributed by atoms with Gasteiger partial charge in [-0.05, 0) is 30.3 Å². The zero-order valence-electron chi connectivity index (χ0n) is 14.6. The summed E-state index contributed by atoms with van der Waals surface area (Å²) in [5.41, 5.74) is 0.0313. The van der Waals surface area contributed by atoms with Crippen molar-refractivity contribution in [3.63, 3.8) is 0 Å². The van der Waals surface area contributed by atoms with Crippen molar-refractivity contribution in [2.75, 3.05) is 17.2 Å². The van der Waals surface area contributed by atoms with Gasteiger partial charge in [0.05, 0.1) is 10.5 Å². The van der Waals surface area contributed by atoms with Gasteiger partial charge in [0.15, 0.2) is 0 Å². The number of nitro groups is 1. The van der Waals surface area contributed by atoms with Gasteiger partial charge in [0.1, 0.15) is 12.1 Å². The standard InChI is InChI=1S/C18H14N4O6/c1-10(23)19-11-5-7-12(8-6-11)20-15(24)9-21-17(25)13-3-2-4-14(22(27)28)16(13)18(21)26/h2-8H,9H2,1H3,(H,19,23)(H,20,24). The van der Waals surface area contributed by atoms with Gasteiger partial charge in [0, 0.05) is 24.4 Å². The fourth-order valence-corrected chi connectivity index (χ4v) is 2.80. The molecule has 0 spiro atoms. The third-order valence-electron chi connectivity index (χ3n) is 3.96. The van der Waals surface area contributed by atoms with E-state index in [1.165, 1.54) is 31.2 Å². The van der Waals surface area contributed by atoms with Crippen LogP contribution in [0.25, 0.3) is 0 Å². The first-order valence-electron chi connectivity index (χ1n) is 8.09. The van der Waals surface area contributed by atoms with Crippen molar-refractivity contribution in [1.82, 2.24) is 4.90 Å². The van der Waals surface area contributed by atoms with Crippen molar-refractivity contribution >= 4 is 40.7 Å². The van der Waals surface area contributed by atoms with E-state index in [4.69, 9.17) is 0 Å². The molecule has 2 aromatic carbocycles. The molecule has 0 unspecified atom stereocenters. The van der Waals surface area contributed by atoms with Crippen LogP contribution in [0.15, 0.2) is 42.5 Å². The minimum Gasteiger partial charge on any atom is -0.326 e. The Hall–Kier alpha value is -4.08. The van der Waals surface area contributed by atoms with Gasteiger partial charge >= 0.3 is 0 Å². The Bertz CT molecular complexity index is 1020. The molecule has 0 aliphatic carbocycles. The quantitative estimate of drug-likeness (QED) is 0.459.